The molecule has 2 aromatic rings. The summed E-state index contributed by atoms with van der Waals surface area (Å²) in [4.78, 5) is 40.4. The van der Waals surface area contributed by atoms with Crippen LogP contribution in [0, 0.1) is 23.7 Å². The Hall–Kier alpha value is -3.18. The highest BCUT2D eigenvalue weighted by Gasteiger charge is 2.62. The number of ether oxygens (including phenoxy) is 1. The monoisotopic (exact) mass is 447 g/mol. The van der Waals surface area contributed by atoms with E-state index in [-0.39, 0.29) is 40.8 Å². The number of benzene rings is 2. The van der Waals surface area contributed by atoms with E-state index < -0.39 is 17.8 Å². The van der Waals surface area contributed by atoms with Crippen LogP contribution in [0.1, 0.15) is 29.8 Å². The van der Waals surface area contributed by atoms with Gasteiger partial charge in [0.25, 0.3) is 0 Å². The Labute approximate surface area is 191 Å². The molecule has 1 saturated carbocycles. The maximum atomic E-state index is 13.5. The molecular weight excluding hydrogens is 426 g/mol. The van der Waals surface area contributed by atoms with Crippen molar-refractivity contribution in [1.29, 1.82) is 0 Å². The number of hydrogen-bond acceptors (Lipinski definition) is 4. The van der Waals surface area contributed by atoms with Crippen LogP contribution < -0.4 is 4.90 Å². The summed E-state index contributed by atoms with van der Waals surface area (Å²) in [5.74, 6) is -2.07. The Bertz CT molecular complexity index is 1170. The maximum Gasteiger partial charge on any atom is 0.339 e. The minimum absolute atomic E-state index is 0.0940. The number of imide groups is 1. The number of halogens is 1. The summed E-state index contributed by atoms with van der Waals surface area (Å²) in [6.45, 7) is 3.97. The fourth-order valence-electron chi connectivity index (χ4n) is 5.39. The number of fused-ring (bicyclic) bond motifs is 5. The minimum atomic E-state index is -0.580. The number of hydrogen-bond donors (Lipinski definition) is 0. The van der Waals surface area contributed by atoms with E-state index in [0.29, 0.717) is 5.69 Å². The molecule has 2 amide bonds. The highest BCUT2D eigenvalue weighted by Crippen LogP contribution is 2.58. The van der Waals surface area contributed by atoms with Gasteiger partial charge in [-0.3, -0.25) is 9.59 Å². The Kier molecular flexibility index (Phi) is 5.01. The van der Waals surface area contributed by atoms with Crippen LogP contribution in [0.25, 0.3) is 5.57 Å². The zero-order valence-corrected chi connectivity index (χ0v) is 18.5. The molecule has 5 nitrogen and oxygen atoms in total. The third-order valence-electron chi connectivity index (χ3n) is 6.76. The van der Waals surface area contributed by atoms with Gasteiger partial charge in [0.2, 0.25) is 11.8 Å². The topological polar surface area (TPSA) is 63.7 Å². The Balaban J connectivity index is 1.51. The molecule has 1 heterocycles. The van der Waals surface area contributed by atoms with Gasteiger partial charge in [-0.05, 0) is 43.2 Å². The van der Waals surface area contributed by atoms with Crippen LogP contribution in [-0.2, 0) is 14.3 Å². The zero-order chi connectivity index (χ0) is 22.6. The second-order valence-electron chi connectivity index (χ2n) is 8.33. The fraction of sp³-hybridized carbons (Fsp3) is 0.269. The minimum Gasteiger partial charge on any atom is -0.462 e. The van der Waals surface area contributed by atoms with Crippen molar-refractivity contribution in [2.75, 3.05) is 11.5 Å². The second-order valence-corrected chi connectivity index (χ2v) is 8.74. The predicted molar refractivity (Wildman–Crippen MR) is 122 cm³/mol. The lowest BCUT2D eigenvalue weighted by atomic mass is 9.85. The molecule has 1 saturated heterocycles. The van der Waals surface area contributed by atoms with Crippen molar-refractivity contribution in [3.8, 4) is 0 Å². The largest absolute Gasteiger partial charge is 0.462 e. The van der Waals surface area contributed by atoms with Crippen molar-refractivity contribution < 1.29 is 19.1 Å². The lowest BCUT2D eigenvalue weighted by molar-refractivity contribution is -0.122. The zero-order valence-electron chi connectivity index (χ0n) is 17.7. The Morgan fingerprint density at radius 1 is 1.00 bits per heavy atom. The summed E-state index contributed by atoms with van der Waals surface area (Å²) in [5, 5.41) is 0.219. The molecular formula is C26H22ClNO4. The summed E-state index contributed by atoms with van der Waals surface area (Å²) in [7, 11) is 0. The summed E-state index contributed by atoms with van der Waals surface area (Å²) < 4.78 is 5.05. The molecule has 6 heteroatoms. The van der Waals surface area contributed by atoms with Crippen LogP contribution in [0.2, 0.25) is 5.02 Å². The number of allylic oxidation sites excluding steroid dienone is 4. The lowest BCUT2D eigenvalue weighted by Crippen LogP contribution is -2.33. The van der Waals surface area contributed by atoms with Gasteiger partial charge >= 0.3 is 5.97 Å². The molecule has 32 heavy (non-hydrogen) atoms. The summed E-state index contributed by atoms with van der Waals surface area (Å²) in [6, 6.07) is 14.7. The third-order valence-corrected chi connectivity index (χ3v) is 7.09. The average Bonchev–Trinajstić information content (AvgIpc) is 3.44. The molecule has 162 valence electrons. The molecule has 2 fully saturated rings. The number of amides is 2. The van der Waals surface area contributed by atoms with Crippen molar-refractivity contribution in [1.82, 2.24) is 0 Å². The maximum absolute atomic E-state index is 13.5. The van der Waals surface area contributed by atoms with E-state index in [9.17, 15) is 14.4 Å². The first-order chi connectivity index (χ1) is 15.4. The predicted octanol–water partition coefficient (Wildman–Crippen LogP) is 4.91. The van der Waals surface area contributed by atoms with Gasteiger partial charge in [0, 0.05) is 11.8 Å². The normalized spacial score (nSPS) is 25.5. The standard InChI is InChI=1S/C26H22ClNO4/c1-3-32-26(31)19-13-16(9-12-20(19)27)28-24(29)22-17-10-11-18(23(22)25(28)30)21(17)14(2)15-7-5-4-6-8-15/h4-13,17-18,22-23H,3H2,1-2H3/t17-,18-,22-,23-/m0/s1. The van der Waals surface area contributed by atoms with Crippen molar-refractivity contribution >= 4 is 40.6 Å². The molecule has 0 radical (unpaired) electrons. The molecule has 2 aromatic carbocycles. The molecule has 2 bridgehead atoms. The van der Waals surface area contributed by atoms with Gasteiger partial charge in [0.05, 0.1) is 34.7 Å². The summed E-state index contributed by atoms with van der Waals surface area (Å²) in [5.41, 5.74) is 3.89. The quantitative estimate of drug-likeness (QED) is 0.379. The van der Waals surface area contributed by atoms with Gasteiger partial charge in [0.1, 0.15) is 0 Å². The van der Waals surface area contributed by atoms with Gasteiger partial charge < -0.3 is 4.74 Å². The number of anilines is 1. The summed E-state index contributed by atoms with van der Waals surface area (Å²) in [6.07, 6.45) is 4.13. The number of nitrogens with zero attached hydrogens (tertiary/aromatic N) is 1. The Morgan fingerprint density at radius 3 is 2.22 bits per heavy atom. The van der Waals surface area contributed by atoms with E-state index in [4.69, 9.17) is 16.3 Å². The van der Waals surface area contributed by atoms with E-state index in [2.05, 4.69) is 31.2 Å². The van der Waals surface area contributed by atoms with Crippen LogP contribution in [0.15, 0.2) is 66.3 Å². The first-order valence-corrected chi connectivity index (χ1v) is 11.1. The summed E-state index contributed by atoms with van der Waals surface area (Å²) >= 11 is 6.17. The first-order valence-electron chi connectivity index (χ1n) is 10.7. The molecule has 0 spiro atoms. The molecule has 2 aliphatic carbocycles. The van der Waals surface area contributed by atoms with Gasteiger partial charge in [-0.2, -0.15) is 0 Å². The lowest BCUT2D eigenvalue weighted by Gasteiger charge is -2.20. The molecule has 0 aromatic heterocycles. The third kappa shape index (κ3) is 2.95. The van der Waals surface area contributed by atoms with E-state index in [1.807, 2.05) is 18.2 Å². The van der Waals surface area contributed by atoms with Crippen molar-refractivity contribution in [2.45, 2.75) is 13.8 Å². The molecule has 1 aliphatic heterocycles. The van der Waals surface area contributed by atoms with E-state index in [1.165, 1.54) is 17.0 Å². The average molecular weight is 448 g/mol. The molecule has 0 N–H and O–H groups in total. The smallest absolute Gasteiger partial charge is 0.339 e. The van der Waals surface area contributed by atoms with Crippen molar-refractivity contribution in [3.63, 3.8) is 0 Å². The first kappa shape index (κ1) is 20.7. The molecule has 0 unspecified atom stereocenters. The van der Waals surface area contributed by atoms with Crippen LogP contribution in [0.5, 0.6) is 0 Å². The van der Waals surface area contributed by atoms with Crippen molar-refractivity contribution in [2.24, 2.45) is 23.7 Å². The SMILES string of the molecule is CCOC(=O)c1cc(N2C(=O)[C@@H]3[C@@H](C2=O)[C@H]2C=C[C@H]3C2=C(C)c2ccccc2)ccc1Cl. The van der Waals surface area contributed by atoms with Gasteiger partial charge in [-0.15, -0.1) is 0 Å². The molecule has 3 aliphatic rings. The van der Waals surface area contributed by atoms with Crippen LogP contribution in [0.3, 0.4) is 0 Å². The fourth-order valence-corrected chi connectivity index (χ4v) is 5.58. The number of rotatable bonds is 4. The van der Waals surface area contributed by atoms with E-state index in [1.54, 1.807) is 13.0 Å². The van der Waals surface area contributed by atoms with E-state index >= 15 is 0 Å². The van der Waals surface area contributed by atoms with Crippen LogP contribution in [0.4, 0.5) is 5.69 Å². The molecule has 5 rings (SSSR count). The van der Waals surface area contributed by atoms with Gasteiger partial charge in [0.15, 0.2) is 0 Å². The highest BCUT2D eigenvalue weighted by atomic mass is 35.5. The Morgan fingerprint density at radius 2 is 1.62 bits per heavy atom. The number of carbonyl (C=O) groups is 3. The molecule has 4 atom stereocenters. The van der Waals surface area contributed by atoms with Crippen LogP contribution >= 0.6 is 11.6 Å². The van der Waals surface area contributed by atoms with E-state index in [0.717, 1.165) is 16.7 Å². The van der Waals surface area contributed by atoms with Crippen LogP contribution in [-0.4, -0.2) is 24.4 Å². The van der Waals surface area contributed by atoms with Crippen molar-refractivity contribution in [3.05, 3.63) is 82.4 Å². The number of carbonyl (C=O) groups excluding carboxylic acids is 3. The highest BCUT2D eigenvalue weighted by molar-refractivity contribution is 6.34. The van der Waals surface area contributed by atoms with Gasteiger partial charge in [-0.25, -0.2) is 9.69 Å². The van der Waals surface area contributed by atoms with Gasteiger partial charge in [-0.1, -0.05) is 59.7 Å². The second kappa shape index (κ2) is 7.75. The number of esters is 1.